The Bertz CT molecular complexity index is 1080. The van der Waals surface area contributed by atoms with Crippen molar-refractivity contribution >= 4 is 22.4 Å². The number of ether oxygens (including phenoxy) is 2. The van der Waals surface area contributed by atoms with Gasteiger partial charge in [0.1, 0.15) is 34.8 Å². The van der Waals surface area contributed by atoms with Crippen LogP contribution in [0.2, 0.25) is 0 Å². The lowest BCUT2D eigenvalue weighted by Gasteiger charge is -2.05. The van der Waals surface area contributed by atoms with E-state index in [1.165, 1.54) is 17.7 Å². The molecule has 2 aromatic heterocycles. The highest BCUT2D eigenvalue weighted by Gasteiger charge is 2.17. The standard InChI is InChI=1S/C20H17N5O3S/c1-27-15-9-7-14(8-10-15)18-19(25-13-21-12-22-25)29-20(24-18)23-17(26)11-28-16-5-3-2-4-6-16/h2-10,12-13H,11H2,1H3,(H,23,24,26). The SMILES string of the molecule is COc1ccc(-c2nc(NC(=O)COc3ccccc3)sc2-n2cncn2)cc1. The van der Waals surface area contributed by atoms with Crippen LogP contribution in [0.4, 0.5) is 5.13 Å². The van der Waals surface area contributed by atoms with E-state index in [1.807, 2.05) is 42.5 Å². The van der Waals surface area contributed by atoms with Crippen LogP contribution in [0.25, 0.3) is 16.3 Å². The summed E-state index contributed by atoms with van der Waals surface area (Å²) in [7, 11) is 1.61. The molecule has 0 aliphatic rings. The van der Waals surface area contributed by atoms with Crippen molar-refractivity contribution in [1.82, 2.24) is 19.7 Å². The molecule has 0 saturated carbocycles. The number of carbonyl (C=O) groups excluding carboxylic acids is 1. The molecule has 2 aromatic carbocycles. The molecule has 0 unspecified atom stereocenters. The number of anilines is 1. The summed E-state index contributed by atoms with van der Waals surface area (Å²) < 4.78 is 12.3. The fourth-order valence-electron chi connectivity index (χ4n) is 2.59. The van der Waals surface area contributed by atoms with E-state index < -0.39 is 0 Å². The van der Waals surface area contributed by atoms with Crippen LogP contribution in [0.1, 0.15) is 0 Å². The highest BCUT2D eigenvalue weighted by Crippen LogP contribution is 2.34. The van der Waals surface area contributed by atoms with Gasteiger partial charge >= 0.3 is 0 Å². The van der Waals surface area contributed by atoms with Crippen LogP contribution in [-0.4, -0.2) is 39.4 Å². The van der Waals surface area contributed by atoms with Crippen molar-refractivity contribution in [1.29, 1.82) is 0 Å². The number of rotatable bonds is 7. The number of para-hydroxylation sites is 1. The molecule has 1 amide bonds. The van der Waals surface area contributed by atoms with Crippen molar-refractivity contribution in [2.45, 2.75) is 0 Å². The summed E-state index contributed by atoms with van der Waals surface area (Å²) in [6, 6.07) is 16.7. The van der Waals surface area contributed by atoms with E-state index in [0.717, 1.165) is 16.3 Å². The first kappa shape index (κ1) is 18.6. The molecule has 29 heavy (non-hydrogen) atoms. The number of hydrogen-bond acceptors (Lipinski definition) is 7. The maximum absolute atomic E-state index is 12.3. The number of carbonyl (C=O) groups is 1. The van der Waals surface area contributed by atoms with Gasteiger partial charge in [0.05, 0.1) is 7.11 Å². The van der Waals surface area contributed by atoms with Crippen molar-refractivity contribution < 1.29 is 14.3 Å². The monoisotopic (exact) mass is 407 g/mol. The zero-order chi connectivity index (χ0) is 20.1. The summed E-state index contributed by atoms with van der Waals surface area (Å²) in [5.74, 6) is 1.08. The Balaban J connectivity index is 1.55. The third-order valence-electron chi connectivity index (χ3n) is 3.96. The molecular weight excluding hydrogens is 390 g/mol. The summed E-state index contributed by atoms with van der Waals surface area (Å²) in [4.78, 5) is 20.9. The van der Waals surface area contributed by atoms with Gasteiger partial charge < -0.3 is 9.47 Å². The second-order valence-corrected chi connectivity index (χ2v) is 6.87. The van der Waals surface area contributed by atoms with Gasteiger partial charge in [0.25, 0.3) is 5.91 Å². The molecule has 0 fully saturated rings. The van der Waals surface area contributed by atoms with E-state index in [-0.39, 0.29) is 12.5 Å². The highest BCUT2D eigenvalue weighted by molar-refractivity contribution is 7.18. The number of hydrogen-bond donors (Lipinski definition) is 1. The fraction of sp³-hybridized carbons (Fsp3) is 0.100. The van der Waals surface area contributed by atoms with Gasteiger partial charge in [-0.25, -0.2) is 14.6 Å². The predicted molar refractivity (Wildman–Crippen MR) is 110 cm³/mol. The molecule has 2 heterocycles. The van der Waals surface area contributed by atoms with Crippen LogP contribution in [0, 0.1) is 0 Å². The van der Waals surface area contributed by atoms with Crippen LogP contribution in [-0.2, 0) is 4.79 Å². The summed E-state index contributed by atoms with van der Waals surface area (Å²) in [5, 5.41) is 8.16. The zero-order valence-electron chi connectivity index (χ0n) is 15.5. The number of nitrogens with one attached hydrogen (secondary N) is 1. The predicted octanol–water partition coefficient (Wildman–Crippen LogP) is 3.42. The Morgan fingerprint density at radius 3 is 2.59 bits per heavy atom. The average Bonchev–Trinajstić information content (AvgIpc) is 3.43. The summed E-state index contributed by atoms with van der Waals surface area (Å²) in [5.41, 5.74) is 1.55. The van der Waals surface area contributed by atoms with Gasteiger partial charge in [-0.15, -0.1) is 0 Å². The third kappa shape index (κ3) is 4.41. The van der Waals surface area contributed by atoms with Gasteiger partial charge in [0.2, 0.25) is 0 Å². The third-order valence-corrected chi connectivity index (χ3v) is 4.92. The second-order valence-electron chi connectivity index (χ2n) is 5.89. The molecule has 4 aromatic rings. The molecule has 1 N–H and O–H groups in total. The number of nitrogens with zero attached hydrogens (tertiary/aromatic N) is 4. The Labute approximate surface area is 170 Å². The van der Waals surface area contributed by atoms with Gasteiger partial charge in [-0.1, -0.05) is 29.5 Å². The van der Waals surface area contributed by atoms with Crippen molar-refractivity contribution in [3.05, 3.63) is 67.3 Å². The van der Waals surface area contributed by atoms with Gasteiger partial charge in [-0.3, -0.25) is 10.1 Å². The van der Waals surface area contributed by atoms with Gasteiger partial charge in [-0.05, 0) is 36.4 Å². The lowest BCUT2D eigenvalue weighted by Crippen LogP contribution is -2.20. The number of amides is 1. The number of aromatic nitrogens is 4. The first-order valence-electron chi connectivity index (χ1n) is 8.71. The summed E-state index contributed by atoms with van der Waals surface area (Å²) in [6.07, 6.45) is 3.04. The molecular formula is C20H17N5O3S. The number of methoxy groups -OCH3 is 1. The summed E-state index contributed by atoms with van der Waals surface area (Å²) >= 11 is 1.30. The van der Waals surface area contributed by atoms with Gasteiger partial charge in [0.15, 0.2) is 11.7 Å². The minimum Gasteiger partial charge on any atom is -0.497 e. The summed E-state index contributed by atoms with van der Waals surface area (Å²) in [6.45, 7) is -0.111. The average molecular weight is 407 g/mol. The zero-order valence-corrected chi connectivity index (χ0v) is 16.3. The molecule has 0 bridgehead atoms. The van der Waals surface area contributed by atoms with Crippen molar-refractivity contribution in [2.75, 3.05) is 19.0 Å². The van der Waals surface area contributed by atoms with Crippen molar-refractivity contribution in [2.24, 2.45) is 0 Å². The molecule has 0 saturated heterocycles. The van der Waals surface area contributed by atoms with Crippen LogP contribution in [0.3, 0.4) is 0 Å². The first-order valence-corrected chi connectivity index (χ1v) is 9.52. The topological polar surface area (TPSA) is 91.2 Å². The quantitative estimate of drug-likeness (QED) is 0.505. The Hall–Kier alpha value is -3.72. The van der Waals surface area contributed by atoms with Crippen LogP contribution < -0.4 is 14.8 Å². The Morgan fingerprint density at radius 1 is 1.10 bits per heavy atom. The molecule has 0 radical (unpaired) electrons. The molecule has 0 atom stereocenters. The van der Waals surface area contributed by atoms with Crippen LogP contribution in [0.5, 0.6) is 11.5 Å². The molecule has 9 heteroatoms. The van der Waals surface area contributed by atoms with E-state index in [1.54, 1.807) is 30.3 Å². The van der Waals surface area contributed by atoms with Crippen LogP contribution in [0.15, 0.2) is 67.3 Å². The molecule has 0 aliphatic heterocycles. The fourth-order valence-corrected chi connectivity index (χ4v) is 3.52. The largest absolute Gasteiger partial charge is 0.497 e. The maximum Gasteiger partial charge on any atom is 0.264 e. The number of thiazole rings is 1. The van der Waals surface area contributed by atoms with E-state index in [0.29, 0.717) is 16.6 Å². The maximum atomic E-state index is 12.3. The Morgan fingerprint density at radius 2 is 1.90 bits per heavy atom. The van der Waals surface area contributed by atoms with Crippen molar-refractivity contribution in [3.8, 4) is 27.8 Å². The number of benzene rings is 2. The molecule has 146 valence electrons. The molecule has 4 rings (SSSR count). The second kappa shape index (κ2) is 8.53. The van der Waals surface area contributed by atoms with E-state index in [9.17, 15) is 4.79 Å². The molecule has 8 nitrogen and oxygen atoms in total. The van der Waals surface area contributed by atoms with Crippen molar-refractivity contribution in [3.63, 3.8) is 0 Å². The van der Waals surface area contributed by atoms with E-state index in [4.69, 9.17) is 9.47 Å². The minimum atomic E-state index is -0.297. The Kier molecular flexibility index (Phi) is 5.48. The molecule has 0 spiro atoms. The van der Waals surface area contributed by atoms with Gasteiger partial charge in [0, 0.05) is 5.56 Å². The highest BCUT2D eigenvalue weighted by atomic mass is 32.1. The van der Waals surface area contributed by atoms with E-state index in [2.05, 4.69) is 20.4 Å². The van der Waals surface area contributed by atoms with Crippen LogP contribution >= 0.6 is 11.3 Å². The molecule has 0 aliphatic carbocycles. The normalized spacial score (nSPS) is 10.5. The lowest BCUT2D eigenvalue weighted by molar-refractivity contribution is -0.118. The first-order chi connectivity index (χ1) is 14.2. The minimum absolute atomic E-state index is 0.111. The smallest absolute Gasteiger partial charge is 0.264 e. The lowest BCUT2D eigenvalue weighted by atomic mass is 10.1. The van der Waals surface area contributed by atoms with E-state index >= 15 is 0 Å². The van der Waals surface area contributed by atoms with Gasteiger partial charge in [-0.2, -0.15) is 5.10 Å².